The quantitative estimate of drug-likeness (QED) is 0.551. The maximum absolute atomic E-state index is 12.9. The van der Waals surface area contributed by atoms with Crippen molar-refractivity contribution in [1.29, 1.82) is 0 Å². The molecule has 0 aromatic carbocycles. The van der Waals surface area contributed by atoms with Crippen LogP contribution in [0.15, 0.2) is 47.7 Å². The molecular formula is C25H32N6O2. The van der Waals surface area contributed by atoms with Gasteiger partial charge in [0.25, 0.3) is 5.56 Å². The third kappa shape index (κ3) is 5.11. The molecule has 1 saturated heterocycles. The van der Waals surface area contributed by atoms with Crippen molar-refractivity contribution in [3.63, 3.8) is 0 Å². The molecule has 2 aliphatic rings. The average Bonchev–Trinajstić information content (AvgIpc) is 3.28. The van der Waals surface area contributed by atoms with Crippen molar-refractivity contribution in [3.05, 3.63) is 58.9 Å². The minimum Gasteiger partial charge on any atom is -0.495 e. The Bertz CT molecular complexity index is 1140. The smallest absolute Gasteiger partial charge is 0.252 e. The van der Waals surface area contributed by atoms with Crippen LogP contribution in [0.2, 0.25) is 0 Å². The number of H-pyrrole nitrogens is 1. The van der Waals surface area contributed by atoms with Crippen molar-refractivity contribution < 1.29 is 4.74 Å². The highest BCUT2D eigenvalue weighted by molar-refractivity contribution is 5.59. The number of piperidine rings is 1. The molecule has 3 aromatic rings. The number of methoxy groups -OCH3 is 1. The van der Waals surface area contributed by atoms with Gasteiger partial charge in [-0.15, -0.1) is 0 Å². The van der Waals surface area contributed by atoms with E-state index in [9.17, 15) is 4.79 Å². The van der Waals surface area contributed by atoms with E-state index >= 15 is 0 Å². The van der Waals surface area contributed by atoms with Crippen LogP contribution in [-0.4, -0.2) is 52.5 Å². The molecule has 0 spiro atoms. The van der Waals surface area contributed by atoms with E-state index in [1.54, 1.807) is 30.1 Å². The number of anilines is 1. The summed E-state index contributed by atoms with van der Waals surface area (Å²) in [7, 11) is 1.61. The van der Waals surface area contributed by atoms with E-state index in [0.29, 0.717) is 18.3 Å². The molecule has 0 bridgehead atoms. The molecule has 174 valence electrons. The summed E-state index contributed by atoms with van der Waals surface area (Å²) in [6.07, 6.45) is 11.8. The van der Waals surface area contributed by atoms with Crippen LogP contribution >= 0.6 is 0 Å². The minimum atomic E-state index is -0.00347. The Kier molecular flexibility index (Phi) is 6.44. The number of aromatic nitrogens is 4. The van der Waals surface area contributed by atoms with Gasteiger partial charge in [-0.25, -0.2) is 0 Å². The van der Waals surface area contributed by atoms with Crippen LogP contribution in [-0.2, 0) is 6.54 Å². The molecule has 0 amide bonds. The predicted octanol–water partition coefficient (Wildman–Crippen LogP) is 3.05. The summed E-state index contributed by atoms with van der Waals surface area (Å²) in [4.78, 5) is 19.4. The predicted molar refractivity (Wildman–Crippen MR) is 129 cm³/mol. The van der Waals surface area contributed by atoms with E-state index in [1.165, 1.54) is 25.7 Å². The van der Waals surface area contributed by atoms with Gasteiger partial charge in [0.15, 0.2) is 0 Å². The van der Waals surface area contributed by atoms with E-state index < -0.39 is 0 Å². The summed E-state index contributed by atoms with van der Waals surface area (Å²) in [5.41, 5.74) is 3.51. The van der Waals surface area contributed by atoms with Crippen molar-refractivity contribution in [3.8, 4) is 17.0 Å². The lowest BCUT2D eigenvalue weighted by molar-refractivity contribution is 0.280. The lowest BCUT2D eigenvalue weighted by Gasteiger charge is -2.36. The fourth-order valence-electron chi connectivity index (χ4n) is 4.68. The van der Waals surface area contributed by atoms with Crippen LogP contribution in [0.5, 0.6) is 5.75 Å². The first-order valence-corrected chi connectivity index (χ1v) is 11.9. The van der Waals surface area contributed by atoms with Gasteiger partial charge in [-0.2, -0.15) is 5.10 Å². The van der Waals surface area contributed by atoms with Crippen LogP contribution in [0.25, 0.3) is 11.3 Å². The molecule has 33 heavy (non-hydrogen) atoms. The van der Waals surface area contributed by atoms with Gasteiger partial charge in [0.2, 0.25) is 0 Å². The standard InChI is InChI=1S/C25H32N6O2/c1-33-23-10-19(14-26-15-23)24-11-21(28-29-24)17-31-9-7-22(12-25(31)32)30-8-3-6-20(16-30)27-13-18-4-2-5-18/h7,9-12,14-15,18,20,27H,2-6,8,13,16-17H2,1H3,(H,28,29)/t20-/m1/s1. The van der Waals surface area contributed by atoms with Crippen molar-refractivity contribution in [2.24, 2.45) is 5.92 Å². The number of nitrogens with one attached hydrogen (secondary N) is 2. The van der Waals surface area contributed by atoms with Gasteiger partial charge in [-0.1, -0.05) is 6.42 Å². The van der Waals surface area contributed by atoms with E-state index in [4.69, 9.17) is 4.74 Å². The van der Waals surface area contributed by atoms with Gasteiger partial charge in [0.1, 0.15) is 5.75 Å². The van der Waals surface area contributed by atoms with E-state index in [0.717, 1.165) is 54.6 Å². The van der Waals surface area contributed by atoms with Crippen LogP contribution < -0.4 is 20.5 Å². The topological polar surface area (TPSA) is 88.1 Å². The SMILES string of the molecule is COc1cncc(-c2cc(Cn3ccc(N4CCC[C@@H](NCC5CCC5)C4)cc3=O)[nH]n2)c1. The second kappa shape index (κ2) is 9.79. The van der Waals surface area contributed by atoms with Gasteiger partial charge in [0.05, 0.1) is 31.2 Å². The third-order valence-corrected chi connectivity index (χ3v) is 6.90. The zero-order chi connectivity index (χ0) is 22.6. The monoisotopic (exact) mass is 448 g/mol. The first-order valence-electron chi connectivity index (χ1n) is 11.9. The summed E-state index contributed by atoms with van der Waals surface area (Å²) in [5.74, 6) is 1.55. The molecule has 8 nitrogen and oxygen atoms in total. The lowest BCUT2D eigenvalue weighted by atomic mass is 9.85. The molecule has 2 fully saturated rings. The van der Waals surface area contributed by atoms with Crippen LogP contribution in [0.3, 0.4) is 0 Å². The molecule has 5 rings (SSSR count). The lowest BCUT2D eigenvalue weighted by Crippen LogP contribution is -2.47. The molecule has 8 heteroatoms. The van der Waals surface area contributed by atoms with Crippen molar-refractivity contribution >= 4 is 5.69 Å². The zero-order valence-corrected chi connectivity index (χ0v) is 19.2. The Balaban J connectivity index is 1.23. The molecule has 0 radical (unpaired) electrons. The fourth-order valence-corrected chi connectivity index (χ4v) is 4.68. The molecule has 2 N–H and O–H groups in total. The highest BCUT2D eigenvalue weighted by Crippen LogP contribution is 2.26. The van der Waals surface area contributed by atoms with Gasteiger partial charge in [-0.05, 0) is 56.3 Å². The number of nitrogens with zero attached hydrogens (tertiary/aromatic N) is 4. The molecule has 1 aliphatic heterocycles. The minimum absolute atomic E-state index is 0.00347. The van der Waals surface area contributed by atoms with E-state index in [2.05, 4.69) is 31.5 Å². The van der Waals surface area contributed by atoms with Crippen LogP contribution in [0.4, 0.5) is 5.69 Å². The van der Waals surface area contributed by atoms with Gasteiger partial charge in [-0.3, -0.25) is 14.9 Å². The maximum atomic E-state index is 12.9. The molecule has 0 unspecified atom stereocenters. The highest BCUT2D eigenvalue weighted by atomic mass is 16.5. The molecule has 1 atom stereocenters. The second-order valence-corrected chi connectivity index (χ2v) is 9.23. The zero-order valence-electron chi connectivity index (χ0n) is 19.2. The molecular weight excluding hydrogens is 416 g/mol. The number of hydrogen-bond acceptors (Lipinski definition) is 6. The van der Waals surface area contributed by atoms with Crippen molar-refractivity contribution in [1.82, 2.24) is 25.1 Å². The second-order valence-electron chi connectivity index (χ2n) is 9.23. The molecule has 1 aliphatic carbocycles. The van der Waals surface area contributed by atoms with Crippen molar-refractivity contribution in [2.45, 2.75) is 44.7 Å². The van der Waals surface area contributed by atoms with Crippen LogP contribution in [0, 0.1) is 5.92 Å². The Hall–Kier alpha value is -3.13. The molecule has 3 aromatic heterocycles. The third-order valence-electron chi connectivity index (χ3n) is 6.90. The van der Waals surface area contributed by atoms with Gasteiger partial charge >= 0.3 is 0 Å². The Morgan fingerprint density at radius 3 is 2.88 bits per heavy atom. The number of aromatic amines is 1. The normalized spacial score (nSPS) is 18.8. The molecule has 4 heterocycles. The maximum Gasteiger partial charge on any atom is 0.252 e. The van der Waals surface area contributed by atoms with Gasteiger partial charge in [0, 0.05) is 48.8 Å². The summed E-state index contributed by atoms with van der Waals surface area (Å²) >= 11 is 0. The average molecular weight is 449 g/mol. The van der Waals surface area contributed by atoms with Gasteiger partial charge < -0.3 is 19.5 Å². The summed E-state index contributed by atoms with van der Waals surface area (Å²) < 4.78 is 6.95. The summed E-state index contributed by atoms with van der Waals surface area (Å²) in [6, 6.07) is 8.16. The number of hydrogen-bond donors (Lipinski definition) is 2. The Labute approximate surface area is 194 Å². The van der Waals surface area contributed by atoms with E-state index in [1.807, 2.05) is 18.3 Å². The number of pyridine rings is 2. The van der Waals surface area contributed by atoms with Crippen LogP contribution in [0.1, 0.15) is 37.8 Å². The summed E-state index contributed by atoms with van der Waals surface area (Å²) in [6.45, 7) is 3.55. The summed E-state index contributed by atoms with van der Waals surface area (Å²) in [5, 5.41) is 11.2. The first-order chi connectivity index (χ1) is 16.2. The fraction of sp³-hybridized carbons (Fsp3) is 0.480. The Morgan fingerprint density at radius 2 is 2.09 bits per heavy atom. The van der Waals surface area contributed by atoms with Crippen molar-refractivity contribution in [2.75, 3.05) is 31.6 Å². The largest absolute Gasteiger partial charge is 0.495 e. The Morgan fingerprint density at radius 1 is 1.18 bits per heavy atom. The first kappa shape index (κ1) is 21.7. The number of rotatable bonds is 8. The molecule has 1 saturated carbocycles. The highest BCUT2D eigenvalue weighted by Gasteiger charge is 2.23. The number of ether oxygens (including phenoxy) is 1. The van der Waals surface area contributed by atoms with E-state index in [-0.39, 0.29) is 5.56 Å².